The fourth-order valence-electron chi connectivity index (χ4n) is 3.84. The minimum atomic E-state index is -0.425. The van der Waals surface area contributed by atoms with Crippen molar-refractivity contribution in [2.75, 3.05) is 38.2 Å². The third kappa shape index (κ3) is 3.80. The van der Waals surface area contributed by atoms with E-state index in [1.807, 2.05) is 31.2 Å². The molecule has 0 aliphatic carbocycles. The van der Waals surface area contributed by atoms with Gasteiger partial charge in [-0.2, -0.15) is 0 Å². The number of hydrogen-bond donors (Lipinski definition) is 1. The molecule has 0 radical (unpaired) electrons. The van der Waals surface area contributed by atoms with Crippen molar-refractivity contribution < 1.29 is 14.3 Å². The SMILES string of the molecule is COC(=O)c1c(C)[nH]c(C(=O)[C@@H](C)N2CCN(c3ccccc3Cl)CC2)c1C. The van der Waals surface area contributed by atoms with E-state index in [9.17, 15) is 9.59 Å². The Balaban J connectivity index is 1.70. The molecule has 1 aromatic carbocycles. The number of aromatic amines is 1. The summed E-state index contributed by atoms with van der Waals surface area (Å²) in [4.78, 5) is 32.6. The van der Waals surface area contributed by atoms with E-state index in [2.05, 4.69) is 14.8 Å². The zero-order chi connectivity index (χ0) is 20.4. The number of H-pyrrole nitrogens is 1. The van der Waals surface area contributed by atoms with E-state index < -0.39 is 5.97 Å². The van der Waals surface area contributed by atoms with Gasteiger partial charge in [0.25, 0.3) is 0 Å². The molecule has 7 heteroatoms. The highest BCUT2D eigenvalue weighted by atomic mass is 35.5. The first-order chi connectivity index (χ1) is 13.3. The smallest absolute Gasteiger partial charge is 0.339 e. The van der Waals surface area contributed by atoms with Gasteiger partial charge in [-0.05, 0) is 38.5 Å². The standard InChI is InChI=1S/C21H26ClN3O3/c1-13-18(21(27)28-4)14(2)23-19(13)20(26)15(3)24-9-11-25(12-10-24)17-8-6-5-7-16(17)22/h5-8,15,23H,9-12H2,1-4H3/t15-/m1/s1. The van der Waals surface area contributed by atoms with Crippen LogP contribution in [0.4, 0.5) is 5.69 Å². The zero-order valence-electron chi connectivity index (χ0n) is 16.7. The van der Waals surface area contributed by atoms with Gasteiger partial charge in [-0.3, -0.25) is 9.69 Å². The Labute approximate surface area is 170 Å². The minimum absolute atomic E-state index is 0.0121. The van der Waals surface area contributed by atoms with E-state index in [-0.39, 0.29) is 11.8 Å². The number of Topliss-reactive ketones (excluding diaryl/α,β-unsaturated/α-hetero) is 1. The van der Waals surface area contributed by atoms with E-state index in [0.29, 0.717) is 22.5 Å². The van der Waals surface area contributed by atoms with E-state index in [4.69, 9.17) is 16.3 Å². The van der Waals surface area contributed by atoms with Crippen molar-refractivity contribution in [1.29, 1.82) is 0 Å². The van der Waals surface area contributed by atoms with Crippen molar-refractivity contribution in [2.24, 2.45) is 0 Å². The van der Waals surface area contributed by atoms with Crippen molar-refractivity contribution in [3.8, 4) is 0 Å². The Bertz CT molecular complexity index is 885. The number of methoxy groups -OCH3 is 1. The summed E-state index contributed by atoms with van der Waals surface area (Å²) < 4.78 is 4.83. The van der Waals surface area contributed by atoms with Crippen molar-refractivity contribution in [3.63, 3.8) is 0 Å². The predicted molar refractivity (Wildman–Crippen MR) is 111 cm³/mol. The van der Waals surface area contributed by atoms with Crippen LogP contribution in [0.15, 0.2) is 24.3 Å². The summed E-state index contributed by atoms with van der Waals surface area (Å²) in [6.07, 6.45) is 0. The lowest BCUT2D eigenvalue weighted by Gasteiger charge is -2.38. The van der Waals surface area contributed by atoms with E-state index >= 15 is 0 Å². The van der Waals surface area contributed by atoms with Crippen LogP contribution >= 0.6 is 11.6 Å². The number of esters is 1. The number of carbonyl (C=O) groups excluding carboxylic acids is 2. The maximum absolute atomic E-state index is 13.1. The number of nitrogens with zero attached hydrogens (tertiary/aromatic N) is 2. The number of ketones is 1. The number of benzene rings is 1. The van der Waals surface area contributed by atoms with Gasteiger partial charge in [-0.25, -0.2) is 4.79 Å². The number of halogens is 1. The Kier molecular flexibility index (Phi) is 6.10. The van der Waals surface area contributed by atoms with E-state index in [1.54, 1.807) is 13.8 Å². The normalized spacial score (nSPS) is 16.1. The lowest BCUT2D eigenvalue weighted by Crippen LogP contribution is -2.52. The number of hydrogen-bond acceptors (Lipinski definition) is 5. The van der Waals surface area contributed by atoms with E-state index in [1.165, 1.54) is 7.11 Å². The molecule has 2 heterocycles. The van der Waals surface area contributed by atoms with Crippen LogP contribution in [0.25, 0.3) is 0 Å². The van der Waals surface area contributed by atoms with Gasteiger partial charge in [0.1, 0.15) is 0 Å². The lowest BCUT2D eigenvalue weighted by molar-refractivity contribution is 0.0599. The highest BCUT2D eigenvalue weighted by Gasteiger charge is 2.30. The number of anilines is 1. The molecule has 0 spiro atoms. The summed E-state index contributed by atoms with van der Waals surface area (Å²) in [5.74, 6) is -0.437. The van der Waals surface area contributed by atoms with Crippen LogP contribution in [0, 0.1) is 13.8 Å². The molecule has 1 aromatic heterocycles. The van der Waals surface area contributed by atoms with Crippen molar-refractivity contribution in [3.05, 3.63) is 51.8 Å². The molecule has 2 aromatic rings. The minimum Gasteiger partial charge on any atom is -0.465 e. The molecule has 0 saturated carbocycles. The average molecular weight is 404 g/mol. The number of ether oxygens (including phenoxy) is 1. The van der Waals surface area contributed by atoms with Crippen LogP contribution < -0.4 is 4.90 Å². The Hall–Kier alpha value is -2.31. The molecular weight excluding hydrogens is 378 g/mol. The van der Waals surface area contributed by atoms with Crippen LogP contribution in [0.5, 0.6) is 0 Å². The summed E-state index contributed by atoms with van der Waals surface area (Å²) in [6.45, 7) is 8.62. The average Bonchev–Trinajstić information content (AvgIpc) is 3.01. The van der Waals surface area contributed by atoms with Gasteiger partial charge in [0.05, 0.1) is 35.1 Å². The molecule has 1 N–H and O–H groups in total. The largest absolute Gasteiger partial charge is 0.465 e. The predicted octanol–water partition coefficient (Wildman–Crippen LogP) is 3.46. The summed E-state index contributed by atoms with van der Waals surface area (Å²) in [6, 6.07) is 7.54. The molecule has 0 bridgehead atoms. The number of aromatic nitrogens is 1. The molecule has 0 amide bonds. The van der Waals surface area contributed by atoms with Crippen molar-refractivity contribution in [2.45, 2.75) is 26.8 Å². The second kappa shape index (κ2) is 8.37. The number of piperazine rings is 1. The van der Waals surface area contributed by atoms with Gasteiger partial charge in [-0.1, -0.05) is 23.7 Å². The summed E-state index contributed by atoms with van der Waals surface area (Å²) in [7, 11) is 1.34. The Morgan fingerprint density at radius 3 is 2.39 bits per heavy atom. The van der Waals surface area contributed by atoms with Gasteiger partial charge in [0, 0.05) is 31.9 Å². The zero-order valence-corrected chi connectivity index (χ0v) is 17.5. The van der Waals surface area contributed by atoms with Crippen LogP contribution in [0.2, 0.25) is 5.02 Å². The van der Waals surface area contributed by atoms with Crippen LogP contribution in [-0.2, 0) is 4.74 Å². The molecular formula is C21H26ClN3O3. The van der Waals surface area contributed by atoms with Crippen molar-refractivity contribution >= 4 is 29.0 Å². The van der Waals surface area contributed by atoms with Gasteiger partial charge >= 0.3 is 5.97 Å². The van der Waals surface area contributed by atoms with Crippen LogP contribution in [-0.4, -0.2) is 61.0 Å². The third-order valence-electron chi connectivity index (χ3n) is 5.51. The van der Waals surface area contributed by atoms with Gasteiger partial charge in [0.15, 0.2) is 5.78 Å². The molecule has 1 atom stereocenters. The topological polar surface area (TPSA) is 65.6 Å². The second-order valence-corrected chi connectivity index (χ2v) is 7.54. The molecule has 6 nitrogen and oxygen atoms in total. The number of nitrogens with one attached hydrogen (secondary N) is 1. The van der Waals surface area contributed by atoms with Gasteiger partial charge < -0.3 is 14.6 Å². The first-order valence-electron chi connectivity index (χ1n) is 9.40. The molecule has 0 unspecified atom stereocenters. The molecule has 1 saturated heterocycles. The maximum atomic E-state index is 13.1. The number of para-hydroxylation sites is 1. The summed E-state index contributed by atoms with van der Waals surface area (Å²) >= 11 is 6.31. The molecule has 1 fully saturated rings. The molecule has 150 valence electrons. The number of aryl methyl sites for hydroxylation is 1. The monoisotopic (exact) mass is 403 g/mol. The first kappa shape index (κ1) is 20.4. The van der Waals surface area contributed by atoms with Crippen LogP contribution in [0.3, 0.4) is 0 Å². The molecule has 3 rings (SSSR count). The highest BCUT2D eigenvalue weighted by Crippen LogP contribution is 2.27. The van der Waals surface area contributed by atoms with Gasteiger partial charge in [-0.15, -0.1) is 0 Å². The number of carbonyl (C=O) groups is 2. The fourth-order valence-corrected chi connectivity index (χ4v) is 4.09. The Morgan fingerprint density at radius 2 is 1.79 bits per heavy atom. The summed E-state index contributed by atoms with van der Waals surface area (Å²) in [5, 5.41) is 0.743. The van der Waals surface area contributed by atoms with Crippen LogP contribution in [0.1, 0.15) is 39.0 Å². The van der Waals surface area contributed by atoms with Crippen molar-refractivity contribution in [1.82, 2.24) is 9.88 Å². The van der Waals surface area contributed by atoms with E-state index in [0.717, 1.165) is 36.9 Å². The highest BCUT2D eigenvalue weighted by molar-refractivity contribution is 6.33. The second-order valence-electron chi connectivity index (χ2n) is 7.13. The first-order valence-corrected chi connectivity index (χ1v) is 9.78. The van der Waals surface area contributed by atoms with Gasteiger partial charge in [0.2, 0.25) is 0 Å². The molecule has 1 aliphatic rings. The molecule has 28 heavy (non-hydrogen) atoms. The third-order valence-corrected chi connectivity index (χ3v) is 5.83. The fraction of sp³-hybridized carbons (Fsp3) is 0.429. The number of rotatable bonds is 5. The quantitative estimate of drug-likeness (QED) is 0.611. The molecule has 1 aliphatic heterocycles. The Morgan fingerprint density at radius 1 is 1.14 bits per heavy atom. The lowest BCUT2D eigenvalue weighted by atomic mass is 10.0. The maximum Gasteiger partial charge on any atom is 0.339 e. The summed E-state index contributed by atoms with van der Waals surface area (Å²) in [5.41, 5.74) is 3.27.